The Hall–Kier alpha value is -4.37. The molecule has 0 aliphatic rings. The van der Waals surface area contributed by atoms with Gasteiger partial charge in [0, 0.05) is 34.8 Å². The summed E-state index contributed by atoms with van der Waals surface area (Å²) in [5.74, 6) is -0.623. The minimum atomic E-state index is -0.461. The lowest BCUT2D eigenvalue weighted by Crippen LogP contribution is -2.17. The number of nitrogens with zero attached hydrogens (tertiary/aromatic N) is 3. The molecule has 0 atom stereocenters. The minimum absolute atomic E-state index is 0.0384. The van der Waals surface area contributed by atoms with E-state index in [0.717, 1.165) is 23.0 Å². The molecule has 2 N–H and O–H groups in total. The van der Waals surface area contributed by atoms with Crippen LogP contribution in [-0.2, 0) is 6.54 Å². The van der Waals surface area contributed by atoms with E-state index in [0.29, 0.717) is 0 Å². The van der Waals surface area contributed by atoms with Crippen LogP contribution in [0.4, 0.5) is 0 Å². The molecular weight excluding hydrogens is 400 g/mol. The number of aromatic hydroxyl groups is 1. The van der Waals surface area contributed by atoms with Gasteiger partial charge in [-0.2, -0.15) is 10.4 Å². The van der Waals surface area contributed by atoms with Gasteiger partial charge in [0.05, 0.1) is 11.8 Å². The number of aryl methyl sites for hydroxylation is 2. The van der Waals surface area contributed by atoms with Crippen LogP contribution in [0.2, 0.25) is 0 Å². The first kappa shape index (κ1) is 20.9. The summed E-state index contributed by atoms with van der Waals surface area (Å²) in [5.41, 5.74) is 8.51. The maximum Gasteiger partial charge on any atom is 0.271 e. The Morgan fingerprint density at radius 1 is 1.12 bits per heavy atom. The monoisotopic (exact) mass is 422 g/mol. The Labute approximate surface area is 186 Å². The van der Waals surface area contributed by atoms with Crippen LogP contribution in [-0.4, -0.2) is 21.8 Å². The van der Waals surface area contributed by atoms with Gasteiger partial charge >= 0.3 is 0 Å². The molecule has 3 aromatic carbocycles. The molecule has 1 amide bonds. The summed E-state index contributed by atoms with van der Waals surface area (Å²) in [6.07, 6.45) is 3.65. The summed E-state index contributed by atoms with van der Waals surface area (Å²) in [5, 5.41) is 23.7. The number of hydrogen-bond donors (Lipinski definition) is 2. The normalized spacial score (nSPS) is 11.0. The first-order valence-corrected chi connectivity index (χ1v) is 10.2. The van der Waals surface area contributed by atoms with Crippen LogP contribution < -0.4 is 5.43 Å². The van der Waals surface area contributed by atoms with Gasteiger partial charge in [0.25, 0.3) is 5.91 Å². The zero-order valence-corrected chi connectivity index (χ0v) is 17.8. The molecule has 6 nitrogen and oxygen atoms in total. The van der Waals surface area contributed by atoms with Crippen LogP contribution in [0, 0.1) is 25.2 Å². The standard InChI is InChI=1S/C26H22N4O2/c1-17-6-7-19(12-18(17)2)16-30-11-10-23-21(4-3-5-24(23)30)15-28-29-26(32)20-8-9-25(31)22(13-20)14-27/h3-13,15,31H,16H2,1-2H3,(H,29,32)/b28-15+. The number of nitrogens with one attached hydrogen (secondary N) is 1. The first-order chi connectivity index (χ1) is 15.5. The molecule has 0 saturated heterocycles. The summed E-state index contributed by atoms with van der Waals surface area (Å²) in [6.45, 7) is 5.00. The summed E-state index contributed by atoms with van der Waals surface area (Å²) >= 11 is 0. The van der Waals surface area contributed by atoms with Crippen molar-refractivity contribution in [1.29, 1.82) is 5.26 Å². The maximum absolute atomic E-state index is 12.3. The minimum Gasteiger partial charge on any atom is -0.507 e. The lowest BCUT2D eigenvalue weighted by Gasteiger charge is -2.08. The van der Waals surface area contributed by atoms with E-state index in [1.807, 2.05) is 24.3 Å². The van der Waals surface area contributed by atoms with Crippen molar-refractivity contribution in [3.63, 3.8) is 0 Å². The van der Waals surface area contributed by atoms with Crippen LogP contribution in [0.25, 0.3) is 10.9 Å². The van der Waals surface area contributed by atoms with Crippen molar-refractivity contribution in [3.05, 3.63) is 100 Å². The zero-order valence-electron chi connectivity index (χ0n) is 17.8. The quantitative estimate of drug-likeness (QED) is 0.362. The van der Waals surface area contributed by atoms with E-state index in [1.54, 1.807) is 6.21 Å². The van der Waals surface area contributed by atoms with Crippen molar-refractivity contribution in [1.82, 2.24) is 9.99 Å². The van der Waals surface area contributed by atoms with Crippen molar-refractivity contribution in [2.75, 3.05) is 0 Å². The van der Waals surface area contributed by atoms with Gasteiger partial charge in [0.2, 0.25) is 0 Å². The van der Waals surface area contributed by atoms with E-state index < -0.39 is 5.91 Å². The Balaban J connectivity index is 1.52. The lowest BCUT2D eigenvalue weighted by atomic mass is 10.1. The molecule has 0 spiro atoms. The summed E-state index contributed by atoms with van der Waals surface area (Å²) in [6, 6.07) is 20.4. The fourth-order valence-electron chi connectivity index (χ4n) is 3.59. The predicted octanol–water partition coefficient (Wildman–Crippen LogP) is 4.65. The second-order valence-electron chi connectivity index (χ2n) is 7.69. The number of fused-ring (bicyclic) bond motifs is 1. The number of hydrazone groups is 1. The number of carbonyl (C=O) groups excluding carboxylic acids is 1. The Bertz CT molecular complexity index is 1390. The number of aromatic nitrogens is 1. The summed E-state index contributed by atoms with van der Waals surface area (Å²) in [4.78, 5) is 12.3. The van der Waals surface area contributed by atoms with E-state index in [2.05, 4.69) is 59.4 Å². The van der Waals surface area contributed by atoms with E-state index >= 15 is 0 Å². The third-order valence-electron chi connectivity index (χ3n) is 5.52. The number of phenolic OH excluding ortho intramolecular Hbond substituents is 1. The van der Waals surface area contributed by atoms with Gasteiger partial charge in [-0.05, 0) is 60.9 Å². The predicted molar refractivity (Wildman–Crippen MR) is 125 cm³/mol. The number of amides is 1. The first-order valence-electron chi connectivity index (χ1n) is 10.2. The molecule has 1 heterocycles. The van der Waals surface area contributed by atoms with Crippen LogP contribution in [0.1, 0.15) is 38.2 Å². The molecule has 0 bridgehead atoms. The molecule has 0 unspecified atom stereocenters. The fourth-order valence-corrected chi connectivity index (χ4v) is 3.59. The van der Waals surface area contributed by atoms with Crippen LogP contribution >= 0.6 is 0 Å². The van der Waals surface area contributed by atoms with E-state index in [4.69, 9.17) is 5.26 Å². The van der Waals surface area contributed by atoms with Crippen molar-refractivity contribution >= 4 is 23.0 Å². The van der Waals surface area contributed by atoms with Crippen molar-refractivity contribution in [3.8, 4) is 11.8 Å². The molecular formula is C26H22N4O2. The van der Waals surface area contributed by atoms with E-state index in [9.17, 15) is 9.90 Å². The van der Waals surface area contributed by atoms with Crippen molar-refractivity contribution in [2.24, 2.45) is 5.10 Å². The highest BCUT2D eigenvalue weighted by molar-refractivity contribution is 6.00. The molecule has 4 aromatic rings. The molecule has 0 aliphatic heterocycles. The molecule has 0 fully saturated rings. The lowest BCUT2D eigenvalue weighted by molar-refractivity contribution is 0.0955. The highest BCUT2D eigenvalue weighted by Gasteiger charge is 2.09. The van der Waals surface area contributed by atoms with Crippen molar-refractivity contribution < 1.29 is 9.90 Å². The second kappa shape index (κ2) is 8.78. The smallest absolute Gasteiger partial charge is 0.271 e. The Kier molecular flexibility index (Phi) is 5.73. The Morgan fingerprint density at radius 2 is 1.97 bits per heavy atom. The van der Waals surface area contributed by atoms with Crippen molar-refractivity contribution in [2.45, 2.75) is 20.4 Å². The van der Waals surface area contributed by atoms with Crippen LogP contribution in [0.5, 0.6) is 5.75 Å². The number of carbonyl (C=O) groups is 1. The van der Waals surface area contributed by atoms with E-state index in [-0.39, 0.29) is 16.9 Å². The SMILES string of the molecule is Cc1ccc(Cn2ccc3c(/C=N/NC(=O)c4ccc(O)c(C#N)c4)cccc32)cc1C. The molecule has 0 saturated carbocycles. The molecule has 32 heavy (non-hydrogen) atoms. The third-order valence-corrected chi connectivity index (χ3v) is 5.52. The van der Waals surface area contributed by atoms with E-state index in [1.165, 1.54) is 34.9 Å². The topological polar surface area (TPSA) is 90.4 Å². The highest BCUT2D eigenvalue weighted by atomic mass is 16.3. The molecule has 6 heteroatoms. The summed E-state index contributed by atoms with van der Waals surface area (Å²) < 4.78 is 2.19. The summed E-state index contributed by atoms with van der Waals surface area (Å²) in [7, 11) is 0. The van der Waals surface area contributed by atoms with Crippen LogP contribution in [0.3, 0.4) is 0 Å². The van der Waals surface area contributed by atoms with Gasteiger partial charge in [-0.25, -0.2) is 5.43 Å². The number of phenols is 1. The third kappa shape index (κ3) is 4.23. The maximum atomic E-state index is 12.3. The largest absolute Gasteiger partial charge is 0.507 e. The van der Waals surface area contributed by atoms with Gasteiger partial charge in [0.15, 0.2) is 0 Å². The van der Waals surface area contributed by atoms with Gasteiger partial charge in [-0.15, -0.1) is 0 Å². The second-order valence-corrected chi connectivity index (χ2v) is 7.69. The fraction of sp³-hybridized carbons (Fsp3) is 0.115. The molecule has 158 valence electrons. The molecule has 4 rings (SSSR count). The number of rotatable bonds is 5. The molecule has 0 radical (unpaired) electrons. The van der Waals surface area contributed by atoms with Gasteiger partial charge in [-0.1, -0.05) is 30.3 Å². The van der Waals surface area contributed by atoms with Crippen LogP contribution in [0.15, 0.2) is 72.0 Å². The molecule has 1 aromatic heterocycles. The highest BCUT2D eigenvalue weighted by Crippen LogP contribution is 2.21. The zero-order chi connectivity index (χ0) is 22.7. The van der Waals surface area contributed by atoms with Gasteiger partial charge in [0.1, 0.15) is 11.8 Å². The number of benzene rings is 3. The average molecular weight is 422 g/mol. The number of nitriles is 1. The average Bonchev–Trinajstić information content (AvgIpc) is 3.20. The number of hydrogen-bond acceptors (Lipinski definition) is 4. The van der Waals surface area contributed by atoms with Gasteiger partial charge < -0.3 is 9.67 Å². The Morgan fingerprint density at radius 3 is 2.75 bits per heavy atom. The van der Waals surface area contributed by atoms with Gasteiger partial charge in [-0.3, -0.25) is 4.79 Å². The molecule has 0 aliphatic carbocycles.